The first kappa shape index (κ1) is 13.2. The van der Waals surface area contributed by atoms with Gasteiger partial charge < -0.3 is 0 Å². The molecule has 0 saturated heterocycles. The summed E-state index contributed by atoms with van der Waals surface area (Å²) in [6.45, 7) is 1.74. The first-order chi connectivity index (χ1) is 10.2. The fourth-order valence-electron chi connectivity index (χ4n) is 1.99. The lowest BCUT2D eigenvalue weighted by Gasteiger charge is -2.05. The molecule has 0 unspecified atom stereocenters. The molecule has 0 aliphatic carbocycles. The zero-order valence-corrected chi connectivity index (χ0v) is 11.1. The second kappa shape index (κ2) is 5.32. The third-order valence-electron chi connectivity index (χ3n) is 3.04. The van der Waals surface area contributed by atoms with E-state index in [2.05, 4.69) is 20.4 Å². The number of benzene rings is 2. The van der Waals surface area contributed by atoms with Crippen LogP contribution in [0.5, 0.6) is 0 Å². The molecule has 2 aromatic carbocycles. The van der Waals surface area contributed by atoms with E-state index in [0.29, 0.717) is 5.56 Å². The minimum absolute atomic E-state index is 0.0610. The topological polar surface area (TPSA) is 51.6 Å². The summed E-state index contributed by atoms with van der Waals surface area (Å²) >= 11 is 0. The van der Waals surface area contributed by atoms with Crippen LogP contribution in [0.15, 0.2) is 42.5 Å². The Morgan fingerprint density at radius 1 is 0.714 bits per heavy atom. The number of aryl methyl sites for hydroxylation is 1. The molecule has 0 aliphatic heterocycles. The fourth-order valence-corrected chi connectivity index (χ4v) is 1.99. The quantitative estimate of drug-likeness (QED) is 0.725. The van der Waals surface area contributed by atoms with Crippen molar-refractivity contribution in [2.24, 2.45) is 0 Å². The van der Waals surface area contributed by atoms with E-state index in [4.69, 9.17) is 0 Å². The highest BCUT2D eigenvalue weighted by Gasteiger charge is 2.14. The van der Waals surface area contributed by atoms with E-state index in [9.17, 15) is 8.78 Å². The summed E-state index contributed by atoms with van der Waals surface area (Å²) in [6.07, 6.45) is 0. The van der Waals surface area contributed by atoms with E-state index < -0.39 is 11.6 Å². The molecular weight excluding hydrogens is 274 g/mol. The predicted octanol–water partition coefficient (Wildman–Crippen LogP) is 3.19. The molecule has 0 aliphatic rings. The maximum absolute atomic E-state index is 13.8. The SMILES string of the molecule is Cc1cccc(F)c1-c1nnc(-c2ccccc2F)nn1. The highest BCUT2D eigenvalue weighted by Crippen LogP contribution is 2.23. The minimum Gasteiger partial charge on any atom is -0.206 e. The minimum atomic E-state index is -0.462. The highest BCUT2D eigenvalue weighted by molar-refractivity contribution is 5.61. The van der Waals surface area contributed by atoms with Crippen LogP contribution in [0.1, 0.15) is 5.56 Å². The molecule has 21 heavy (non-hydrogen) atoms. The molecule has 3 aromatic rings. The summed E-state index contributed by atoms with van der Waals surface area (Å²) in [7, 11) is 0. The molecule has 4 nitrogen and oxygen atoms in total. The van der Waals surface area contributed by atoms with Gasteiger partial charge in [0, 0.05) is 0 Å². The fraction of sp³-hybridized carbons (Fsp3) is 0.0667. The Hall–Kier alpha value is -2.76. The first-order valence-electron chi connectivity index (χ1n) is 6.24. The van der Waals surface area contributed by atoms with Crippen LogP contribution in [-0.4, -0.2) is 20.4 Å². The van der Waals surface area contributed by atoms with Gasteiger partial charge in [-0.15, -0.1) is 20.4 Å². The van der Waals surface area contributed by atoms with E-state index >= 15 is 0 Å². The maximum atomic E-state index is 13.8. The van der Waals surface area contributed by atoms with Crippen LogP contribution in [0.2, 0.25) is 0 Å². The number of halogens is 2. The third-order valence-corrected chi connectivity index (χ3v) is 3.04. The van der Waals surface area contributed by atoms with Gasteiger partial charge in [0.1, 0.15) is 11.6 Å². The molecule has 0 amide bonds. The van der Waals surface area contributed by atoms with Gasteiger partial charge in [-0.2, -0.15) is 0 Å². The van der Waals surface area contributed by atoms with Gasteiger partial charge in [0.15, 0.2) is 0 Å². The number of hydrogen-bond donors (Lipinski definition) is 0. The molecule has 0 spiro atoms. The molecule has 6 heteroatoms. The van der Waals surface area contributed by atoms with Crippen LogP contribution in [0.25, 0.3) is 22.8 Å². The lowest BCUT2D eigenvalue weighted by molar-refractivity contribution is 0.624. The Morgan fingerprint density at radius 2 is 1.33 bits per heavy atom. The number of nitrogens with zero attached hydrogens (tertiary/aromatic N) is 4. The Balaban J connectivity index is 2.04. The van der Waals surface area contributed by atoms with E-state index in [1.807, 2.05) is 0 Å². The molecule has 1 heterocycles. The number of rotatable bonds is 2. The second-order valence-corrected chi connectivity index (χ2v) is 4.46. The van der Waals surface area contributed by atoms with E-state index in [1.165, 1.54) is 18.2 Å². The van der Waals surface area contributed by atoms with Gasteiger partial charge >= 0.3 is 0 Å². The third kappa shape index (κ3) is 2.47. The maximum Gasteiger partial charge on any atom is 0.206 e. The monoisotopic (exact) mass is 284 g/mol. The summed E-state index contributed by atoms with van der Waals surface area (Å²) in [5.74, 6) is -0.773. The molecule has 104 valence electrons. The molecular formula is C15H10F2N4. The Morgan fingerprint density at radius 3 is 2.00 bits per heavy atom. The largest absolute Gasteiger partial charge is 0.206 e. The standard InChI is InChI=1S/C15H10F2N4/c1-9-5-4-8-12(17)13(9)15-20-18-14(19-21-15)10-6-2-3-7-11(10)16/h2-8H,1H3. The van der Waals surface area contributed by atoms with Crippen LogP contribution in [0.4, 0.5) is 8.78 Å². The molecule has 1 aromatic heterocycles. The van der Waals surface area contributed by atoms with E-state index in [1.54, 1.807) is 31.2 Å². The van der Waals surface area contributed by atoms with Crippen molar-refractivity contribution >= 4 is 0 Å². The van der Waals surface area contributed by atoms with Crippen LogP contribution in [-0.2, 0) is 0 Å². The van der Waals surface area contributed by atoms with Crippen molar-refractivity contribution in [1.29, 1.82) is 0 Å². The second-order valence-electron chi connectivity index (χ2n) is 4.46. The lowest BCUT2D eigenvalue weighted by Crippen LogP contribution is -2.02. The van der Waals surface area contributed by atoms with Gasteiger partial charge in [0.25, 0.3) is 0 Å². The summed E-state index contributed by atoms with van der Waals surface area (Å²) in [6, 6.07) is 10.7. The summed E-state index contributed by atoms with van der Waals surface area (Å²) < 4.78 is 27.5. The Labute approximate surface area is 119 Å². The smallest absolute Gasteiger partial charge is 0.206 e. The number of hydrogen-bond acceptors (Lipinski definition) is 4. The summed E-state index contributed by atoms with van der Waals surface area (Å²) in [5.41, 5.74) is 1.13. The van der Waals surface area contributed by atoms with E-state index in [0.717, 1.165) is 0 Å². The van der Waals surface area contributed by atoms with Gasteiger partial charge in [-0.3, -0.25) is 0 Å². The van der Waals surface area contributed by atoms with Gasteiger partial charge in [-0.25, -0.2) is 8.78 Å². The molecule has 0 fully saturated rings. The lowest BCUT2D eigenvalue weighted by atomic mass is 10.1. The zero-order chi connectivity index (χ0) is 14.8. The van der Waals surface area contributed by atoms with Crippen molar-refractivity contribution in [1.82, 2.24) is 20.4 Å². The molecule has 0 N–H and O–H groups in total. The molecule has 0 bridgehead atoms. The molecule has 0 atom stereocenters. The average molecular weight is 284 g/mol. The van der Waals surface area contributed by atoms with Crippen molar-refractivity contribution in [2.75, 3.05) is 0 Å². The van der Waals surface area contributed by atoms with E-state index in [-0.39, 0.29) is 22.8 Å². The number of aromatic nitrogens is 4. The molecule has 3 rings (SSSR count). The van der Waals surface area contributed by atoms with Crippen molar-refractivity contribution in [3.05, 3.63) is 59.7 Å². The first-order valence-corrected chi connectivity index (χ1v) is 6.24. The van der Waals surface area contributed by atoms with Crippen LogP contribution < -0.4 is 0 Å². The summed E-state index contributed by atoms with van der Waals surface area (Å²) in [5, 5.41) is 15.4. The van der Waals surface area contributed by atoms with Crippen molar-refractivity contribution in [3.63, 3.8) is 0 Å². The molecule has 0 saturated carbocycles. The summed E-state index contributed by atoms with van der Waals surface area (Å²) in [4.78, 5) is 0. The predicted molar refractivity (Wildman–Crippen MR) is 73.1 cm³/mol. The van der Waals surface area contributed by atoms with Gasteiger partial charge in [-0.1, -0.05) is 24.3 Å². The Bertz CT molecular complexity index is 768. The van der Waals surface area contributed by atoms with Crippen LogP contribution in [0.3, 0.4) is 0 Å². The average Bonchev–Trinajstić information content (AvgIpc) is 2.48. The van der Waals surface area contributed by atoms with Gasteiger partial charge in [0.2, 0.25) is 11.6 Å². The van der Waals surface area contributed by atoms with Crippen molar-refractivity contribution in [3.8, 4) is 22.8 Å². The van der Waals surface area contributed by atoms with Crippen molar-refractivity contribution < 1.29 is 8.78 Å². The Kier molecular flexibility index (Phi) is 3.35. The van der Waals surface area contributed by atoms with Crippen LogP contribution in [0, 0.1) is 18.6 Å². The normalized spacial score (nSPS) is 10.6. The van der Waals surface area contributed by atoms with Gasteiger partial charge in [-0.05, 0) is 30.7 Å². The zero-order valence-electron chi connectivity index (χ0n) is 11.1. The van der Waals surface area contributed by atoms with Gasteiger partial charge in [0.05, 0.1) is 11.1 Å². The highest BCUT2D eigenvalue weighted by atomic mass is 19.1. The van der Waals surface area contributed by atoms with Crippen molar-refractivity contribution in [2.45, 2.75) is 6.92 Å². The van der Waals surface area contributed by atoms with Crippen LogP contribution >= 0.6 is 0 Å². The molecule has 0 radical (unpaired) electrons.